The van der Waals surface area contributed by atoms with Gasteiger partial charge in [0.15, 0.2) is 0 Å². The van der Waals surface area contributed by atoms with Gasteiger partial charge < -0.3 is 20.7 Å². The van der Waals surface area contributed by atoms with Crippen LogP contribution in [-0.4, -0.2) is 38.7 Å². The Kier molecular flexibility index (Phi) is 7.76. The monoisotopic (exact) mass is 399 g/mol. The zero-order valence-electron chi connectivity index (χ0n) is 15.8. The Hall–Kier alpha value is -2.50. The van der Waals surface area contributed by atoms with Crippen LogP contribution in [0.2, 0.25) is 5.02 Å². The summed E-state index contributed by atoms with van der Waals surface area (Å²) in [6.07, 6.45) is 3.84. The molecule has 3 rings (SSSR count). The van der Waals surface area contributed by atoms with Crippen LogP contribution < -0.4 is 20.7 Å². The molecular weight excluding hydrogens is 374 g/mol. The van der Waals surface area contributed by atoms with Gasteiger partial charge in [0.25, 0.3) is 5.91 Å². The lowest BCUT2D eigenvalue weighted by Crippen LogP contribution is -2.30. The highest BCUT2D eigenvalue weighted by atomic mass is 35.5. The Morgan fingerprint density at radius 1 is 0.964 bits per heavy atom. The molecule has 28 heavy (non-hydrogen) atoms. The number of rotatable bonds is 10. The smallest absolute Gasteiger partial charge is 0.250 e. The molecule has 1 aliphatic heterocycles. The normalized spacial score (nSPS) is 12.5. The van der Waals surface area contributed by atoms with Crippen LogP contribution in [0, 0.1) is 0 Å². The van der Waals surface area contributed by atoms with Crippen molar-refractivity contribution in [3.8, 4) is 5.75 Å². The van der Waals surface area contributed by atoms with Crippen LogP contribution in [0.4, 0.5) is 5.69 Å². The van der Waals surface area contributed by atoms with Crippen molar-refractivity contribution in [3.63, 3.8) is 0 Å². The number of hydrogen-bond donors (Lipinski definition) is 3. The Labute approximate surface area is 171 Å². The number of carbonyl (C=O) groups is 1. The molecule has 3 N–H and O–H groups in total. The van der Waals surface area contributed by atoms with Gasteiger partial charge in [0, 0.05) is 25.2 Å². The predicted molar refractivity (Wildman–Crippen MR) is 115 cm³/mol. The quantitative estimate of drug-likeness (QED) is 0.533. The number of para-hydroxylation sites is 2. The third-order valence-electron chi connectivity index (χ3n) is 4.48. The van der Waals surface area contributed by atoms with Gasteiger partial charge in [-0.1, -0.05) is 41.9 Å². The van der Waals surface area contributed by atoms with Crippen molar-refractivity contribution < 1.29 is 9.53 Å². The summed E-state index contributed by atoms with van der Waals surface area (Å²) < 4.78 is 5.63. The molecule has 1 amide bonds. The highest BCUT2D eigenvalue weighted by molar-refractivity contribution is 6.33. The lowest BCUT2D eigenvalue weighted by molar-refractivity contribution is -0.117. The number of hydrogen-bond acceptors (Lipinski definition) is 4. The molecule has 0 atom stereocenters. The number of fused-ring (bicyclic) bond motifs is 1. The number of nitrogens with one attached hydrogen (secondary N) is 3. The molecule has 0 spiro atoms. The topological polar surface area (TPSA) is 62.4 Å². The van der Waals surface area contributed by atoms with Crippen molar-refractivity contribution >= 4 is 29.3 Å². The molecule has 0 saturated heterocycles. The molecule has 2 aromatic carbocycles. The number of ether oxygens (including phenoxy) is 1. The van der Waals surface area contributed by atoms with Crippen LogP contribution in [0.3, 0.4) is 0 Å². The Morgan fingerprint density at radius 3 is 2.64 bits per heavy atom. The summed E-state index contributed by atoms with van der Waals surface area (Å²) in [5, 5.41) is 10.4. The third-order valence-corrected chi connectivity index (χ3v) is 4.81. The summed E-state index contributed by atoms with van der Waals surface area (Å²) in [7, 11) is 0. The average molecular weight is 400 g/mol. The van der Waals surface area contributed by atoms with Crippen LogP contribution in [0.25, 0.3) is 6.08 Å². The zero-order chi connectivity index (χ0) is 19.6. The van der Waals surface area contributed by atoms with Crippen molar-refractivity contribution in [2.24, 2.45) is 0 Å². The second kappa shape index (κ2) is 10.7. The first-order valence-electron chi connectivity index (χ1n) is 9.64. The van der Waals surface area contributed by atoms with Gasteiger partial charge in [-0.3, -0.25) is 4.79 Å². The van der Waals surface area contributed by atoms with E-state index in [0.29, 0.717) is 18.7 Å². The first-order valence-corrected chi connectivity index (χ1v) is 10.0. The Bertz CT molecular complexity index is 823. The SMILES string of the molecule is O=C(NCCCCNCCNc1ccccc1Cl)C1=Cc2ccccc2OC1. The number of carbonyl (C=O) groups excluding carboxylic acids is 1. The highest BCUT2D eigenvalue weighted by Gasteiger charge is 2.16. The first kappa shape index (κ1) is 20.2. The van der Waals surface area contributed by atoms with E-state index in [0.717, 1.165) is 54.5 Å². The van der Waals surface area contributed by atoms with Gasteiger partial charge in [-0.05, 0) is 43.7 Å². The van der Waals surface area contributed by atoms with E-state index in [9.17, 15) is 4.79 Å². The molecule has 6 heteroatoms. The molecule has 0 fully saturated rings. The van der Waals surface area contributed by atoms with Crippen LogP contribution in [-0.2, 0) is 4.79 Å². The molecule has 1 heterocycles. The summed E-state index contributed by atoms with van der Waals surface area (Å²) in [5.41, 5.74) is 2.58. The minimum Gasteiger partial charge on any atom is -0.488 e. The molecule has 1 aliphatic rings. The van der Waals surface area contributed by atoms with Gasteiger partial charge in [-0.25, -0.2) is 0 Å². The second-order valence-electron chi connectivity index (χ2n) is 6.62. The molecule has 0 aliphatic carbocycles. The predicted octanol–water partition coefficient (Wildman–Crippen LogP) is 3.71. The molecule has 0 aromatic heterocycles. The molecule has 0 bridgehead atoms. The molecule has 0 unspecified atom stereocenters. The van der Waals surface area contributed by atoms with Crippen molar-refractivity contribution in [1.29, 1.82) is 0 Å². The maximum atomic E-state index is 12.3. The number of benzene rings is 2. The van der Waals surface area contributed by atoms with Crippen molar-refractivity contribution in [1.82, 2.24) is 10.6 Å². The molecule has 0 radical (unpaired) electrons. The standard InChI is InChI=1S/C22H26ClN3O2/c23-19-8-2-3-9-20(19)25-14-13-24-11-5-6-12-26-22(27)18-15-17-7-1-4-10-21(17)28-16-18/h1-4,7-10,15,24-25H,5-6,11-14,16H2,(H,26,27). The summed E-state index contributed by atoms with van der Waals surface area (Å²) in [6, 6.07) is 15.5. The van der Waals surface area contributed by atoms with Crippen LogP contribution in [0.5, 0.6) is 5.75 Å². The van der Waals surface area contributed by atoms with E-state index in [1.165, 1.54) is 0 Å². The zero-order valence-corrected chi connectivity index (χ0v) is 16.6. The second-order valence-corrected chi connectivity index (χ2v) is 7.02. The average Bonchev–Trinajstić information content (AvgIpc) is 2.73. The third kappa shape index (κ3) is 6.01. The number of amides is 1. The largest absolute Gasteiger partial charge is 0.488 e. The minimum absolute atomic E-state index is 0.0496. The number of anilines is 1. The summed E-state index contributed by atoms with van der Waals surface area (Å²) >= 11 is 6.10. The fourth-order valence-electron chi connectivity index (χ4n) is 2.95. The first-order chi connectivity index (χ1) is 13.7. The molecule has 2 aromatic rings. The maximum Gasteiger partial charge on any atom is 0.250 e. The van der Waals surface area contributed by atoms with E-state index in [1.54, 1.807) is 0 Å². The lowest BCUT2D eigenvalue weighted by Gasteiger charge is -2.17. The van der Waals surface area contributed by atoms with Crippen LogP contribution in [0.1, 0.15) is 18.4 Å². The number of unbranched alkanes of at least 4 members (excludes halogenated alkanes) is 1. The minimum atomic E-state index is -0.0496. The molecule has 148 valence electrons. The van der Waals surface area contributed by atoms with E-state index in [2.05, 4.69) is 16.0 Å². The number of halogens is 1. The van der Waals surface area contributed by atoms with Gasteiger partial charge in [0.1, 0.15) is 12.4 Å². The Morgan fingerprint density at radius 2 is 1.75 bits per heavy atom. The summed E-state index contributed by atoms with van der Waals surface area (Å²) in [5.74, 6) is 0.778. The molecule has 0 saturated carbocycles. The van der Waals surface area contributed by atoms with Gasteiger partial charge >= 0.3 is 0 Å². The maximum absolute atomic E-state index is 12.3. The van der Waals surface area contributed by atoms with E-state index < -0.39 is 0 Å². The van der Waals surface area contributed by atoms with Crippen LogP contribution >= 0.6 is 11.6 Å². The van der Waals surface area contributed by atoms with Gasteiger partial charge in [0.05, 0.1) is 16.3 Å². The fourth-order valence-corrected chi connectivity index (χ4v) is 3.16. The van der Waals surface area contributed by atoms with Crippen molar-refractivity contribution in [2.45, 2.75) is 12.8 Å². The van der Waals surface area contributed by atoms with Crippen LogP contribution in [0.15, 0.2) is 54.1 Å². The highest BCUT2D eigenvalue weighted by Crippen LogP contribution is 2.25. The lowest BCUT2D eigenvalue weighted by atomic mass is 10.1. The summed E-state index contributed by atoms with van der Waals surface area (Å²) in [6.45, 7) is 3.58. The fraction of sp³-hybridized carbons (Fsp3) is 0.318. The van der Waals surface area contributed by atoms with Gasteiger partial charge in [0.2, 0.25) is 0 Å². The van der Waals surface area contributed by atoms with Gasteiger partial charge in [-0.15, -0.1) is 0 Å². The molecule has 5 nitrogen and oxygen atoms in total. The van der Waals surface area contributed by atoms with E-state index in [4.69, 9.17) is 16.3 Å². The van der Waals surface area contributed by atoms with E-state index >= 15 is 0 Å². The summed E-state index contributed by atoms with van der Waals surface area (Å²) in [4.78, 5) is 12.3. The van der Waals surface area contributed by atoms with Gasteiger partial charge in [-0.2, -0.15) is 0 Å². The molecular formula is C22H26ClN3O2. The van der Waals surface area contributed by atoms with E-state index in [1.807, 2.05) is 54.6 Å². The van der Waals surface area contributed by atoms with E-state index in [-0.39, 0.29) is 5.91 Å². The van der Waals surface area contributed by atoms with Crippen molar-refractivity contribution in [2.75, 3.05) is 38.1 Å². The van der Waals surface area contributed by atoms with Crippen molar-refractivity contribution in [3.05, 3.63) is 64.7 Å². The Balaban J connectivity index is 1.24.